The van der Waals surface area contributed by atoms with Crippen LogP contribution in [0.25, 0.3) is 0 Å². The molecule has 0 spiro atoms. The summed E-state index contributed by atoms with van der Waals surface area (Å²) in [5.41, 5.74) is 3.93. The van der Waals surface area contributed by atoms with Crippen LogP contribution < -0.4 is 10.2 Å². The number of halogens is 2. The Balaban J connectivity index is 1.96. The number of amides is 2. The summed E-state index contributed by atoms with van der Waals surface area (Å²) in [7, 11) is 0. The molecule has 0 aliphatic carbocycles. The zero-order valence-electron chi connectivity index (χ0n) is 14.0. The molecule has 1 N–H and O–H groups in total. The second kappa shape index (κ2) is 6.54. The van der Waals surface area contributed by atoms with Gasteiger partial charge in [-0.25, -0.2) is 4.90 Å². The number of benzene rings is 2. The van der Waals surface area contributed by atoms with Crippen LogP contribution in [0.4, 0.5) is 11.4 Å². The maximum absolute atomic E-state index is 12.8. The Morgan fingerprint density at radius 2 is 1.64 bits per heavy atom. The molecule has 0 radical (unpaired) electrons. The number of carbonyl (C=O) groups excluding carboxylic acids is 2. The van der Waals surface area contributed by atoms with Crippen LogP contribution in [0.5, 0.6) is 0 Å². The minimum atomic E-state index is -0.541. The van der Waals surface area contributed by atoms with Crippen LogP contribution in [0.15, 0.2) is 47.1 Å². The molecule has 25 heavy (non-hydrogen) atoms. The Morgan fingerprint density at radius 1 is 0.920 bits per heavy atom. The minimum Gasteiger partial charge on any atom is -0.350 e. The van der Waals surface area contributed by atoms with Gasteiger partial charge in [-0.3, -0.25) is 9.59 Å². The van der Waals surface area contributed by atoms with Crippen molar-refractivity contribution in [3.63, 3.8) is 0 Å². The smallest absolute Gasteiger partial charge is 0.283 e. The summed E-state index contributed by atoms with van der Waals surface area (Å²) in [6, 6.07) is 10.7. The van der Waals surface area contributed by atoms with E-state index in [1.54, 1.807) is 24.3 Å². The molecule has 2 amide bonds. The fraction of sp³-hybridized carbons (Fsp3) is 0.158. The SMILES string of the molecule is Cc1ccc(NC2=C(Cl)C(=O)N(c3cccc(C)c3C)C2=O)cc1Cl. The zero-order chi connectivity index (χ0) is 18.3. The lowest BCUT2D eigenvalue weighted by Crippen LogP contribution is -2.33. The van der Waals surface area contributed by atoms with E-state index in [0.29, 0.717) is 16.4 Å². The quantitative estimate of drug-likeness (QED) is 0.791. The molecule has 2 aromatic carbocycles. The monoisotopic (exact) mass is 374 g/mol. The highest BCUT2D eigenvalue weighted by molar-refractivity contribution is 6.53. The molecule has 0 unspecified atom stereocenters. The molecule has 0 atom stereocenters. The number of nitrogens with zero attached hydrogens (tertiary/aromatic N) is 1. The molecule has 0 saturated heterocycles. The van der Waals surface area contributed by atoms with Crippen molar-refractivity contribution in [3.8, 4) is 0 Å². The van der Waals surface area contributed by atoms with E-state index in [-0.39, 0.29) is 10.7 Å². The number of hydrogen-bond donors (Lipinski definition) is 1. The van der Waals surface area contributed by atoms with Gasteiger partial charge in [0.1, 0.15) is 10.7 Å². The van der Waals surface area contributed by atoms with E-state index >= 15 is 0 Å². The van der Waals surface area contributed by atoms with Gasteiger partial charge < -0.3 is 5.32 Å². The Bertz CT molecular complexity index is 935. The number of carbonyl (C=O) groups is 2. The average molecular weight is 375 g/mol. The van der Waals surface area contributed by atoms with Gasteiger partial charge in [-0.2, -0.15) is 0 Å². The van der Waals surface area contributed by atoms with Gasteiger partial charge in [-0.15, -0.1) is 0 Å². The van der Waals surface area contributed by atoms with Crippen molar-refractivity contribution < 1.29 is 9.59 Å². The standard InChI is InChI=1S/C19H16Cl2N2O2/c1-10-5-4-6-15(12(10)3)23-18(24)16(21)17(19(23)25)22-13-8-7-11(2)14(20)9-13/h4-9,22H,1-3H3. The molecule has 128 valence electrons. The normalized spacial score (nSPS) is 14.5. The second-order valence-electron chi connectivity index (χ2n) is 5.94. The van der Waals surface area contributed by atoms with Crippen LogP contribution in [-0.4, -0.2) is 11.8 Å². The van der Waals surface area contributed by atoms with Gasteiger partial charge in [-0.05, 0) is 55.7 Å². The first-order chi connectivity index (χ1) is 11.8. The van der Waals surface area contributed by atoms with Crippen molar-refractivity contribution in [3.05, 3.63) is 68.8 Å². The highest BCUT2D eigenvalue weighted by Crippen LogP contribution is 2.33. The maximum Gasteiger partial charge on any atom is 0.283 e. The maximum atomic E-state index is 12.8. The number of nitrogens with one attached hydrogen (secondary N) is 1. The molecule has 0 fully saturated rings. The van der Waals surface area contributed by atoms with Gasteiger partial charge in [0.2, 0.25) is 0 Å². The first kappa shape index (κ1) is 17.5. The third kappa shape index (κ3) is 3.03. The molecule has 3 rings (SSSR count). The number of aryl methyl sites for hydroxylation is 2. The van der Waals surface area contributed by atoms with Crippen molar-refractivity contribution in [2.24, 2.45) is 0 Å². The van der Waals surface area contributed by atoms with Crippen LogP contribution in [0.3, 0.4) is 0 Å². The largest absolute Gasteiger partial charge is 0.350 e. The van der Waals surface area contributed by atoms with E-state index in [4.69, 9.17) is 23.2 Å². The van der Waals surface area contributed by atoms with E-state index in [9.17, 15) is 9.59 Å². The first-order valence-electron chi connectivity index (χ1n) is 7.69. The molecule has 0 saturated carbocycles. The Morgan fingerprint density at radius 3 is 2.32 bits per heavy atom. The number of anilines is 2. The zero-order valence-corrected chi connectivity index (χ0v) is 15.5. The molecule has 1 heterocycles. The highest BCUT2D eigenvalue weighted by atomic mass is 35.5. The molecule has 2 aromatic rings. The molecule has 6 heteroatoms. The van der Waals surface area contributed by atoms with Gasteiger partial charge in [0, 0.05) is 10.7 Å². The van der Waals surface area contributed by atoms with Gasteiger partial charge in [0.05, 0.1) is 5.69 Å². The Kier molecular flexibility index (Phi) is 4.58. The van der Waals surface area contributed by atoms with Gasteiger partial charge in [0.15, 0.2) is 0 Å². The molecule has 0 bridgehead atoms. The second-order valence-corrected chi connectivity index (χ2v) is 6.73. The average Bonchev–Trinajstić information content (AvgIpc) is 2.78. The fourth-order valence-electron chi connectivity index (χ4n) is 2.62. The van der Waals surface area contributed by atoms with E-state index in [0.717, 1.165) is 21.6 Å². The predicted octanol–water partition coefficient (Wildman–Crippen LogP) is 4.70. The van der Waals surface area contributed by atoms with Gasteiger partial charge in [0.25, 0.3) is 11.8 Å². The predicted molar refractivity (Wildman–Crippen MR) is 101 cm³/mol. The molecule has 1 aliphatic rings. The van der Waals surface area contributed by atoms with E-state index in [2.05, 4.69) is 5.32 Å². The summed E-state index contributed by atoms with van der Waals surface area (Å²) in [5, 5.41) is 3.35. The summed E-state index contributed by atoms with van der Waals surface area (Å²) >= 11 is 12.3. The lowest BCUT2D eigenvalue weighted by molar-refractivity contribution is -0.120. The summed E-state index contributed by atoms with van der Waals surface area (Å²) in [4.78, 5) is 26.5. The van der Waals surface area contributed by atoms with Crippen molar-refractivity contribution in [2.45, 2.75) is 20.8 Å². The molecule has 1 aliphatic heterocycles. The molecule has 4 nitrogen and oxygen atoms in total. The van der Waals surface area contributed by atoms with Gasteiger partial charge >= 0.3 is 0 Å². The molecular weight excluding hydrogens is 359 g/mol. The van der Waals surface area contributed by atoms with Crippen molar-refractivity contribution in [1.29, 1.82) is 0 Å². The fourth-order valence-corrected chi connectivity index (χ4v) is 3.02. The van der Waals surface area contributed by atoms with Crippen LogP contribution >= 0.6 is 23.2 Å². The van der Waals surface area contributed by atoms with E-state index in [1.807, 2.05) is 32.9 Å². The summed E-state index contributed by atoms with van der Waals surface area (Å²) in [6.07, 6.45) is 0. The van der Waals surface area contributed by atoms with Crippen LogP contribution in [0.1, 0.15) is 16.7 Å². The Labute approximate surface area is 156 Å². The lowest BCUT2D eigenvalue weighted by atomic mass is 10.1. The summed E-state index contributed by atoms with van der Waals surface area (Å²) in [5.74, 6) is -1.03. The van der Waals surface area contributed by atoms with Crippen LogP contribution in [0, 0.1) is 20.8 Å². The number of imide groups is 1. The van der Waals surface area contributed by atoms with Gasteiger partial charge in [-0.1, -0.05) is 41.4 Å². The third-order valence-corrected chi connectivity index (χ3v) is 5.04. The van der Waals surface area contributed by atoms with Crippen LogP contribution in [-0.2, 0) is 9.59 Å². The topological polar surface area (TPSA) is 49.4 Å². The van der Waals surface area contributed by atoms with Crippen molar-refractivity contribution >= 4 is 46.4 Å². The number of hydrogen-bond acceptors (Lipinski definition) is 3. The van der Waals surface area contributed by atoms with E-state index < -0.39 is 11.8 Å². The van der Waals surface area contributed by atoms with Crippen molar-refractivity contribution in [1.82, 2.24) is 0 Å². The van der Waals surface area contributed by atoms with E-state index in [1.165, 1.54) is 0 Å². The molecule has 0 aromatic heterocycles. The minimum absolute atomic E-state index is 0.0486. The lowest BCUT2D eigenvalue weighted by Gasteiger charge is -2.18. The first-order valence-corrected chi connectivity index (χ1v) is 8.45. The van der Waals surface area contributed by atoms with Crippen LogP contribution in [0.2, 0.25) is 5.02 Å². The van der Waals surface area contributed by atoms with Crippen molar-refractivity contribution in [2.75, 3.05) is 10.2 Å². The highest BCUT2D eigenvalue weighted by Gasteiger charge is 2.39. The Hall–Kier alpha value is -2.30. The number of rotatable bonds is 3. The summed E-state index contributed by atoms with van der Waals surface area (Å²) in [6.45, 7) is 5.67. The third-order valence-electron chi connectivity index (χ3n) is 4.29. The molecular formula is C19H16Cl2N2O2. The summed E-state index contributed by atoms with van der Waals surface area (Å²) < 4.78 is 0.